The van der Waals surface area contributed by atoms with Gasteiger partial charge < -0.3 is 0 Å². The van der Waals surface area contributed by atoms with Gasteiger partial charge in [0, 0.05) is 12.7 Å². The molecule has 84 valence electrons. The van der Waals surface area contributed by atoms with Crippen LogP contribution in [0.25, 0.3) is 0 Å². The number of hydrogen-bond donors (Lipinski definition) is 1. The summed E-state index contributed by atoms with van der Waals surface area (Å²) in [5.74, 6) is 1.17. The first-order valence-electron chi connectivity index (χ1n) is 5.00. The Kier molecular flexibility index (Phi) is 5.19. The lowest BCUT2D eigenvalue weighted by Crippen LogP contribution is -2.26. The quantitative estimate of drug-likeness (QED) is 0.809. The van der Waals surface area contributed by atoms with E-state index in [4.69, 9.17) is 11.6 Å². The summed E-state index contributed by atoms with van der Waals surface area (Å²) in [6.07, 6.45) is 5.15. The Bertz CT molecular complexity index is 367. The number of halogens is 1. The van der Waals surface area contributed by atoms with Gasteiger partial charge in [-0.2, -0.15) is 12.6 Å². The van der Waals surface area contributed by atoms with E-state index in [9.17, 15) is 4.79 Å². The second-order valence-corrected chi connectivity index (χ2v) is 4.35. The molecule has 1 heterocycles. The molecule has 0 amide bonds. The highest BCUT2D eigenvalue weighted by Gasteiger charge is 2.08. The Balaban J connectivity index is 2.78. The minimum absolute atomic E-state index is 0.248. The molecule has 0 fully saturated rings. The molecule has 0 saturated carbocycles. The van der Waals surface area contributed by atoms with Gasteiger partial charge in [0.2, 0.25) is 0 Å². The first kappa shape index (κ1) is 12.6. The van der Waals surface area contributed by atoms with E-state index in [1.54, 1.807) is 10.8 Å². The van der Waals surface area contributed by atoms with E-state index in [0.29, 0.717) is 17.5 Å². The zero-order valence-corrected chi connectivity index (χ0v) is 10.3. The molecule has 15 heavy (non-hydrogen) atoms. The summed E-state index contributed by atoms with van der Waals surface area (Å²) < 4.78 is 1.55. The average molecular weight is 247 g/mol. The molecule has 0 radical (unpaired) electrons. The molecule has 0 aromatic carbocycles. The van der Waals surface area contributed by atoms with Crippen molar-refractivity contribution in [3.63, 3.8) is 0 Å². The van der Waals surface area contributed by atoms with Gasteiger partial charge in [-0.05, 0) is 18.1 Å². The Morgan fingerprint density at radius 3 is 3.00 bits per heavy atom. The van der Waals surface area contributed by atoms with Crippen LogP contribution in [0.15, 0.2) is 17.2 Å². The van der Waals surface area contributed by atoms with Crippen LogP contribution in [0.2, 0.25) is 5.02 Å². The van der Waals surface area contributed by atoms with Crippen molar-refractivity contribution >= 4 is 24.2 Å². The van der Waals surface area contributed by atoms with Crippen molar-refractivity contribution < 1.29 is 0 Å². The van der Waals surface area contributed by atoms with Crippen molar-refractivity contribution in [2.75, 3.05) is 5.75 Å². The molecule has 1 aromatic rings. The highest BCUT2D eigenvalue weighted by atomic mass is 35.5. The molecule has 3 nitrogen and oxygen atoms in total. The predicted octanol–water partition coefficient (Wildman–Crippen LogP) is 2.24. The van der Waals surface area contributed by atoms with E-state index in [-0.39, 0.29) is 5.69 Å². The van der Waals surface area contributed by atoms with Gasteiger partial charge in [0.25, 0.3) is 0 Å². The first-order valence-corrected chi connectivity index (χ1v) is 6.01. The molecule has 0 aliphatic carbocycles. The third-order valence-electron chi connectivity index (χ3n) is 2.23. The lowest BCUT2D eigenvalue weighted by atomic mass is 10.1. The maximum Gasteiger partial charge on any atom is 0.347 e. The molecule has 0 spiro atoms. The molecular formula is C10H15ClN2OS. The van der Waals surface area contributed by atoms with Gasteiger partial charge in [-0.15, -0.1) is 0 Å². The van der Waals surface area contributed by atoms with Crippen LogP contribution in [-0.2, 0) is 6.54 Å². The van der Waals surface area contributed by atoms with Crippen LogP contribution in [0, 0.1) is 5.92 Å². The standard InChI is InChI=1S/C10H15ClN2OS/c1-2-3-8(7-15)5-13-6-9(11)4-12-10(13)14/h4,6,8,15H,2-3,5,7H2,1H3. The van der Waals surface area contributed by atoms with Gasteiger partial charge in [0.1, 0.15) is 0 Å². The summed E-state index contributed by atoms with van der Waals surface area (Å²) in [5.41, 5.74) is -0.248. The number of rotatable bonds is 5. The summed E-state index contributed by atoms with van der Waals surface area (Å²) in [6.45, 7) is 2.76. The zero-order valence-electron chi connectivity index (χ0n) is 8.69. The number of aromatic nitrogens is 2. The molecule has 1 rings (SSSR count). The molecule has 0 aliphatic heterocycles. The van der Waals surface area contributed by atoms with Crippen molar-refractivity contribution in [2.24, 2.45) is 5.92 Å². The normalized spacial score (nSPS) is 12.7. The molecule has 1 atom stereocenters. The molecule has 1 unspecified atom stereocenters. The van der Waals surface area contributed by atoms with Crippen molar-refractivity contribution in [3.8, 4) is 0 Å². The summed E-state index contributed by atoms with van der Waals surface area (Å²) in [5, 5.41) is 0.490. The van der Waals surface area contributed by atoms with Crippen LogP contribution in [0.3, 0.4) is 0 Å². The fourth-order valence-corrected chi connectivity index (χ4v) is 1.95. The van der Waals surface area contributed by atoms with Crippen molar-refractivity contribution in [3.05, 3.63) is 27.9 Å². The molecule has 0 N–H and O–H groups in total. The first-order chi connectivity index (χ1) is 7.17. The van der Waals surface area contributed by atoms with Crippen LogP contribution in [-0.4, -0.2) is 15.3 Å². The van der Waals surface area contributed by atoms with E-state index < -0.39 is 0 Å². The highest BCUT2D eigenvalue weighted by Crippen LogP contribution is 2.11. The van der Waals surface area contributed by atoms with Crippen molar-refractivity contribution in [1.29, 1.82) is 0 Å². The summed E-state index contributed by atoms with van der Waals surface area (Å²) >= 11 is 10.1. The van der Waals surface area contributed by atoms with E-state index >= 15 is 0 Å². The van der Waals surface area contributed by atoms with E-state index in [1.165, 1.54) is 6.20 Å². The topological polar surface area (TPSA) is 34.9 Å². The minimum atomic E-state index is -0.248. The number of hydrogen-bond acceptors (Lipinski definition) is 3. The van der Waals surface area contributed by atoms with Gasteiger partial charge in [-0.3, -0.25) is 4.57 Å². The summed E-state index contributed by atoms with van der Waals surface area (Å²) in [4.78, 5) is 15.1. The predicted molar refractivity (Wildman–Crippen MR) is 65.8 cm³/mol. The lowest BCUT2D eigenvalue weighted by molar-refractivity contribution is 0.441. The SMILES string of the molecule is CCCC(CS)Cn1cc(Cl)cnc1=O. The molecule has 0 bridgehead atoms. The zero-order chi connectivity index (χ0) is 11.3. The fraction of sp³-hybridized carbons (Fsp3) is 0.600. The van der Waals surface area contributed by atoms with Crippen LogP contribution >= 0.6 is 24.2 Å². The maximum atomic E-state index is 11.4. The Morgan fingerprint density at radius 2 is 2.40 bits per heavy atom. The highest BCUT2D eigenvalue weighted by molar-refractivity contribution is 7.80. The third-order valence-corrected chi connectivity index (χ3v) is 2.94. The molecule has 5 heteroatoms. The fourth-order valence-electron chi connectivity index (χ4n) is 1.49. The monoisotopic (exact) mass is 246 g/mol. The Morgan fingerprint density at radius 1 is 1.67 bits per heavy atom. The summed E-state index contributed by atoms with van der Waals surface area (Å²) in [7, 11) is 0. The van der Waals surface area contributed by atoms with Gasteiger partial charge in [-0.1, -0.05) is 24.9 Å². The molecular weight excluding hydrogens is 232 g/mol. The molecule has 0 aliphatic rings. The Labute approximate surface area is 99.9 Å². The smallest absolute Gasteiger partial charge is 0.297 e. The van der Waals surface area contributed by atoms with Crippen LogP contribution in [0.1, 0.15) is 19.8 Å². The van der Waals surface area contributed by atoms with E-state index in [0.717, 1.165) is 18.6 Å². The third kappa shape index (κ3) is 3.87. The minimum Gasteiger partial charge on any atom is -0.297 e. The molecule has 1 aromatic heterocycles. The largest absolute Gasteiger partial charge is 0.347 e. The average Bonchev–Trinajstić information content (AvgIpc) is 2.22. The lowest BCUT2D eigenvalue weighted by Gasteiger charge is -2.14. The van der Waals surface area contributed by atoms with E-state index in [1.807, 2.05) is 0 Å². The maximum absolute atomic E-state index is 11.4. The summed E-state index contributed by atoms with van der Waals surface area (Å²) in [6, 6.07) is 0. The van der Waals surface area contributed by atoms with Gasteiger partial charge >= 0.3 is 5.69 Å². The number of nitrogens with zero attached hydrogens (tertiary/aromatic N) is 2. The van der Waals surface area contributed by atoms with Crippen LogP contribution < -0.4 is 5.69 Å². The Hall–Kier alpha value is -0.480. The van der Waals surface area contributed by atoms with Gasteiger partial charge in [0.15, 0.2) is 0 Å². The van der Waals surface area contributed by atoms with Gasteiger partial charge in [-0.25, -0.2) is 9.78 Å². The number of thiol groups is 1. The van der Waals surface area contributed by atoms with E-state index in [2.05, 4.69) is 24.5 Å². The van der Waals surface area contributed by atoms with Crippen molar-refractivity contribution in [1.82, 2.24) is 9.55 Å². The second-order valence-electron chi connectivity index (χ2n) is 3.54. The van der Waals surface area contributed by atoms with Crippen molar-refractivity contribution in [2.45, 2.75) is 26.3 Å². The van der Waals surface area contributed by atoms with Crippen LogP contribution in [0.4, 0.5) is 0 Å². The van der Waals surface area contributed by atoms with Crippen LogP contribution in [0.5, 0.6) is 0 Å². The second kappa shape index (κ2) is 6.18. The molecule has 0 saturated heterocycles. The van der Waals surface area contributed by atoms with Gasteiger partial charge in [0.05, 0.1) is 11.2 Å².